The Labute approximate surface area is 243 Å². The third-order valence-corrected chi connectivity index (χ3v) is 8.74. The number of fused-ring (bicyclic) bond motifs is 1. The highest BCUT2D eigenvalue weighted by Crippen LogP contribution is 2.42. The predicted molar refractivity (Wildman–Crippen MR) is 151 cm³/mol. The van der Waals surface area contributed by atoms with Crippen molar-refractivity contribution in [2.24, 2.45) is 7.05 Å². The van der Waals surface area contributed by atoms with Crippen LogP contribution in [0.15, 0.2) is 58.5 Å². The van der Waals surface area contributed by atoms with Crippen LogP contribution in [0.4, 0.5) is 22.0 Å². The maximum absolute atomic E-state index is 15.6. The molecule has 42 heavy (non-hydrogen) atoms. The fourth-order valence-electron chi connectivity index (χ4n) is 5.52. The van der Waals surface area contributed by atoms with E-state index in [1.165, 1.54) is 35.6 Å². The van der Waals surface area contributed by atoms with Gasteiger partial charge in [0.2, 0.25) is 0 Å². The quantitative estimate of drug-likeness (QED) is 0.223. The first kappa shape index (κ1) is 29.8. The van der Waals surface area contributed by atoms with Crippen LogP contribution in [0, 0.1) is 18.6 Å². The zero-order valence-electron chi connectivity index (χ0n) is 23.4. The molecule has 12 heteroatoms. The number of aromatic nitrogens is 3. The molecule has 0 saturated carbocycles. The number of rotatable bonds is 8. The third kappa shape index (κ3) is 5.57. The molecule has 4 aromatic rings. The molecule has 0 N–H and O–H groups in total. The summed E-state index contributed by atoms with van der Waals surface area (Å²) in [6, 6.07) is 8.76. The average molecular weight is 605 g/mol. The second-order valence-corrected chi connectivity index (χ2v) is 11.4. The summed E-state index contributed by atoms with van der Waals surface area (Å²) in [5.41, 5.74) is -0.624. The van der Waals surface area contributed by atoms with Crippen molar-refractivity contribution in [1.29, 1.82) is 0 Å². The lowest BCUT2D eigenvalue weighted by Gasteiger charge is -2.24. The second kappa shape index (κ2) is 11.6. The number of hydrogen-bond donors (Lipinski definition) is 0. The molecule has 6 nitrogen and oxygen atoms in total. The predicted octanol–water partition coefficient (Wildman–Crippen LogP) is 6.23. The minimum Gasteiger partial charge on any atom is -0.494 e. The number of ether oxygens (including phenoxy) is 1. The number of thioether (sulfide) groups is 1. The van der Waals surface area contributed by atoms with Crippen LogP contribution in [-0.2, 0) is 26.2 Å². The average Bonchev–Trinajstić information content (AvgIpc) is 3.53. The summed E-state index contributed by atoms with van der Waals surface area (Å²) in [7, 11) is 5.00. The van der Waals surface area contributed by atoms with E-state index in [4.69, 9.17) is 4.74 Å². The van der Waals surface area contributed by atoms with Crippen LogP contribution in [0.3, 0.4) is 0 Å². The number of nitrogens with zero attached hydrogens (tertiary/aromatic N) is 4. The molecule has 0 amide bonds. The lowest BCUT2D eigenvalue weighted by atomic mass is 9.92. The number of methoxy groups -OCH3 is 1. The van der Waals surface area contributed by atoms with Crippen LogP contribution in [0.25, 0.3) is 11.1 Å². The highest BCUT2D eigenvalue weighted by Gasteiger charge is 2.37. The smallest absolute Gasteiger partial charge is 0.416 e. The molecule has 0 bridgehead atoms. The van der Waals surface area contributed by atoms with Gasteiger partial charge in [-0.05, 0) is 49.4 Å². The Morgan fingerprint density at radius 3 is 2.52 bits per heavy atom. The van der Waals surface area contributed by atoms with Gasteiger partial charge in [-0.15, -0.1) is 11.8 Å². The van der Waals surface area contributed by atoms with Crippen LogP contribution >= 0.6 is 11.8 Å². The van der Waals surface area contributed by atoms with Crippen molar-refractivity contribution in [3.05, 3.63) is 98.6 Å². The maximum atomic E-state index is 15.6. The van der Waals surface area contributed by atoms with E-state index in [2.05, 4.69) is 5.10 Å². The Balaban J connectivity index is 1.67. The van der Waals surface area contributed by atoms with Gasteiger partial charge in [0.1, 0.15) is 5.82 Å². The summed E-state index contributed by atoms with van der Waals surface area (Å²) >= 11 is 1.33. The van der Waals surface area contributed by atoms with Gasteiger partial charge in [-0.1, -0.05) is 18.2 Å². The molecule has 222 valence electrons. The minimum absolute atomic E-state index is 0.00919. The molecule has 0 radical (unpaired) electrons. The standard InChI is InChI=1S/C30H29F5N4O2S/c1-17-21(13-22-23(30(33,34)35)8-6-9-24(22)31)29-39(28(40)26(17)20-7-5-10-25(41-4)27(20)32)19(16-42-29)15-37(2)14-18-11-12-38(3)36-18/h5-12,19H,13-16H2,1-4H3. The van der Waals surface area contributed by atoms with Crippen molar-refractivity contribution in [3.8, 4) is 16.9 Å². The largest absolute Gasteiger partial charge is 0.494 e. The van der Waals surface area contributed by atoms with Gasteiger partial charge in [-0.3, -0.25) is 18.9 Å². The van der Waals surface area contributed by atoms with E-state index in [1.807, 2.05) is 31.3 Å². The van der Waals surface area contributed by atoms with E-state index in [0.717, 1.165) is 23.9 Å². The fraction of sp³-hybridized carbons (Fsp3) is 0.333. The van der Waals surface area contributed by atoms with Crippen molar-refractivity contribution in [2.75, 3.05) is 26.5 Å². The monoisotopic (exact) mass is 604 g/mol. The van der Waals surface area contributed by atoms with E-state index in [0.29, 0.717) is 35.0 Å². The molecule has 0 spiro atoms. The third-order valence-electron chi connectivity index (χ3n) is 7.47. The Bertz CT molecular complexity index is 1700. The lowest BCUT2D eigenvalue weighted by Crippen LogP contribution is -2.34. The van der Waals surface area contributed by atoms with E-state index < -0.39 is 40.9 Å². The fourth-order valence-corrected chi connectivity index (χ4v) is 6.89. The van der Waals surface area contributed by atoms with Crippen molar-refractivity contribution in [1.82, 2.24) is 19.2 Å². The summed E-state index contributed by atoms with van der Waals surface area (Å²) in [5.74, 6) is -1.38. The molecule has 1 aliphatic heterocycles. The number of benzene rings is 2. The molecule has 2 aromatic heterocycles. The van der Waals surface area contributed by atoms with Crippen LogP contribution in [0.5, 0.6) is 5.75 Å². The number of pyridine rings is 1. The first-order chi connectivity index (χ1) is 19.9. The second-order valence-electron chi connectivity index (χ2n) is 10.4. The minimum atomic E-state index is -4.79. The van der Waals surface area contributed by atoms with Crippen LogP contribution in [0.2, 0.25) is 0 Å². The molecule has 2 aromatic carbocycles. The highest BCUT2D eigenvalue weighted by molar-refractivity contribution is 7.99. The Morgan fingerprint density at radius 2 is 1.86 bits per heavy atom. The SMILES string of the molecule is COc1cccc(-c2c(C)c(Cc3c(F)cccc3C(F)(F)F)c3n(c2=O)C(CN(C)Cc2ccn(C)n2)CS3)c1F. The van der Waals surface area contributed by atoms with Gasteiger partial charge in [-0.2, -0.15) is 18.3 Å². The molecule has 1 unspecified atom stereocenters. The molecular formula is C30H29F5N4O2S. The van der Waals surface area contributed by atoms with Gasteiger partial charge in [0.05, 0.1) is 35.0 Å². The number of aryl methyl sites for hydroxylation is 1. The normalized spacial score (nSPS) is 15.0. The molecule has 0 fully saturated rings. The van der Waals surface area contributed by atoms with Crippen molar-refractivity contribution < 1.29 is 26.7 Å². The number of likely N-dealkylation sites (N-methyl/N-ethyl adjacent to an activating group) is 1. The first-order valence-corrected chi connectivity index (χ1v) is 14.1. The number of hydrogen-bond acceptors (Lipinski definition) is 5. The zero-order chi connectivity index (χ0) is 30.3. The highest BCUT2D eigenvalue weighted by atomic mass is 32.2. The van der Waals surface area contributed by atoms with Gasteiger partial charge in [-0.25, -0.2) is 8.78 Å². The molecule has 3 heterocycles. The van der Waals surface area contributed by atoms with Crippen molar-refractivity contribution in [2.45, 2.75) is 37.1 Å². The van der Waals surface area contributed by atoms with Crippen molar-refractivity contribution >= 4 is 11.8 Å². The molecule has 5 rings (SSSR count). The van der Waals surface area contributed by atoms with Crippen LogP contribution in [-0.4, -0.2) is 45.7 Å². The molecule has 0 saturated heterocycles. The maximum Gasteiger partial charge on any atom is 0.416 e. The molecule has 1 atom stereocenters. The zero-order valence-corrected chi connectivity index (χ0v) is 24.2. The number of alkyl halides is 3. The van der Waals surface area contributed by atoms with E-state index in [-0.39, 0.29) is 22.9 Å². The van der Waals surface area contributed by atoms with Crippen molar-refractivity contribution in [3.63, 3.8) is 0 Å². The molecular weight excluding hydrogens is 575 g/mol. The topological polar surface area (TPSA) is 52.3 Å². The van der Waals surface area contributed by atoms with Crippen LogP contribution < -0.4 is 10.3 Å². The lowest BCUT2D eigenvalue weighted by molar-refractivity contribution is -0.138. The molecule has 0 aliphatic carbocycles. The summed E-state index contributed by atoms with van der Waals surface area (Å²) < 4.78 is 80.7. The number of halogens is 5. The Hall–Kier alpha value is -3.64. The summed E-state index contributed by atoms with van der Waals surface area (Å²) in [4.78, 5) is 16.1. The van der Waals surface area contributed by atoms with Crippen LogP contribution in [0.1, 0.15) is 34.0 Å². The van der Waals surface area contributed by atoms with Gasteiger partial charge in [0, 0.05) is 49.6 Å². The van der Waals surface area contributed by atoms with Gasteiger partial charge in [0.15, 0.2) is 11.6 Å². The van der Waals surface area contributed by atoms with E-state index >= 15 is 8.78 Å². The van der Waals surface area contributed by atoms with Gasteiger partial charge < -0.3 is 4.74 Å². The van der Waals surface area contributed by atoms with E-state index in [9.17, 15) is 18.0 Å². The summed E-state index contributed by atoms with van der Waals surface area (Å²) in [5, 5.41) is 4.85. The Morgan fingerprint density at radius 1 is 1.12 bits per heavy atom. The Kier molecular flexibility index (Phi) is 8.21. The summed E-state index contributed by atoms with van der Waals surface area (Å²) in [6.07, 6.45) is -3.38. The summed E-state index contributed by atoms with van der Waals surface area (Å²) in [6.45, 7) is 2.50. The van der Waals surface area contributed by atoms with Gasteiger partial charge >= 0.3 is 6.18 Å². The first-order valence-electron chi connectivity index (χ1n) is 13.2. The molecule has 1 aliphatic rings. The van der Waals surface area contributed by atoms with E-state index in [1.54, 1.807) is 17.7 Å². The van der Waals surface area contributed by atoms with Gasteiger partial charge in [0.25, 0.3) is 5.56 Å².